The lowest BCUT2D eigenvalue weighted by Gasteiger charge is -2.22. The Bertz CT molecular complexity index is 764. The number of carbonyl (C=O) groups is 1. The van der Waals surface area contributed by atoms with Crippen molar-refractivity contribution in [1.29, 1.82) is 0 Å². The SMILES string of the molecule is O=C1NCc2c(OCc3ccc(CNC4CCCCC4)cc3)cccc21. The van der Waals surface area contributed by atoms with Gasteiger partial charge < -0.3 is 15.4 Å². The molecule has 1 amide bonds. The summed E-state index contributed by atoms with van der Waals surface area (Å²) < 4.78 is 5.97. The van der Waals surface area contributed by atoms with Gasteiger partial charge in [-0.25, -0.2) is 0 Å². The Labute approximate surface area is 155 Å². The van der Waals surface area contributed by atoms with Crippen molar-refractivity contribution >= 4 is 5.91 Å². The highest BCUT2D eigenvalue weighted by Gasteiger charge is 2.21. The highest BCUT2D eigenvalue weighted by Crippen LogP contribution is 2.27. The van der Waals surface area contributed by atoms with E-state index in [4.69, 9.17) is 4.74 Å². The van der Waals surface area contributed by atoms with Crippen molar-refractivity contribution in [3.63, 3.8) is 0 Å². The number of hydrogen-bond acceptors (Lipinski definition) is 3. The molecule has 1 fully saturated rings. The fourth-order valence-electron chi connectivity index (χ4n) is 3.84. The number of amides is 1. The Balaban J connectivity index is 1.31. The molecule has 1 aliphatic carbocycles. The average Bonchev–Trinajstić information content (AvgIpc) is 3.08. The zero-order chi connectivity index (χ0) is 17.8. The maximum Gasteiger partial charge on any atom is 0.252 e. The van der Waals surface area contributed by atoms with Crippen LogP contribution in [0.4, 0.5) is 0 Å². The summed E-state index contributed by atoms with van der Waals surface area (Å²) in [7, 11) is 0. The summed E-state index contributed by atoms with van der Waals surface area (Å²) in [6.45, 7) is 2.00. The molecule has 2 N–H and O–H groups in total. The van der Waals surface area contributed by atoms with Crippen LogP contribution in [0.15, 0.2) is 42.5 Å². The van der Waals surface area contributed by atoms with E-state index in [1.165, 1.54) is 37.7 Å². The predicted octanol–water partition coefficient (Wildman–Crippen LogP) is 3.93. The number of carbonyl (C=O) groups excluding carboxylic acids is 1. The molecule has 0 unspecified atom stereocenters. The van der Waals surface area contributed by atoms with Crippen molar-refractivity contribution in [1.82, 2.24) is 10.6 Å². The molecule has 1 saturated carbocycles. The van der Waals surface area contributed by atoms with Crippen LogP contribution in [0.25, 0.3) is 0 Å². The lowest BCUT2D eigenvalue weighted by molar-refractivity contribution is 0.0965. The zero-order valence-electron chi connectivity index (χ0n) is 15.1. The minimum atomic E-state index is -0.0136. The number of hydrogen-bond donors (Lipinski definition) is 2. The summed E-state index contributed by atoms with van der Waals surface area (Å²) in [5.41, 5.74) is 4.15. The maximum atomic E-state index is 11.7. The first-order valence-electron chi connectivity index (χ1n) is 9.64. The van der Waals surface area contributed by atoms with Crippen molar-refractivity contribution in [2.24, 2.45) is 0 Å². The Hall–Kier alpha value is -2.33. The first kappa shape index (κ1) is 17.1. The first-order chi connectivity index (χ1) is 12.8. The second-order valence-electron chi connectivity index (χ2n) is 7.29. The van der Waals surface area contributed by atoms with Crippen molar-refractivity contribution in [3.8, 4) is 5.75 Å². The molecule has 2 aliphatic rings. The van der Waals surface area contributed by atoms with E-state index in [9.17, 15) is 4.79 Å². The molecule has 1 heterocycles. The smallest absolute Gasteiger partial charge is 0.252 e. The number of ether oxygens (including phenoxy) is 1. The van der Waals surface area contributed by atoms with Gasteiger partial charge in [-0.2, -0.15) is 0 Å². The molecule has 2 aromatic carbocycles. The Morgan fingerprint density at radius 3 is 2.58 bits per heavy atom. The molecule has 0 spiro atoms. The molecule has 26 heavy (non-hydrogen) atoms. The van der Waals surface area contributed by atoms with Gasteiger partial charge in [0, 0.05) is 30.3 Å². The van der Waals surface area contributed by atoms with Crippen LogP contribution in [0, 0.1) is 0 Å². The van der Waals surface area contributed by atoms with Crippen molar-refractivity contribution in [2.75, 3.05) is 0 Å². The van der Waals surface area contributed by atoms with Crippen LogP contribution in [0.1, 0.15) is 59.2 Å². The summed E-state index contributed by atoms with van der Waals surface area (Å²) >= 11 is 0. The van der Waals surface area contributed by atoms with Gasteiger partial charge in [-0.15, -0.1) is 0 Å². The molecule has 0 radical (unpaired) electrons. The molecule has 4 rings (SSSR count). The quantitative estimate of drug-likeness (QED) is 0.830. The van der Waals surface area contributed by atoms with Gasteiger partial charge in [-0.05, 0) is 36.1 Å². The number of benzene rings is 2. The van der Waals surface area contributed by atoms with Crippen LogP contribution < -0.4 is 15.4 Å². The van der Waals surface area contributed by atoms with Crippen molar-refractivity contribution < 1.29 is 9.53 Å². The van der Waals surface area contributed by atoms with Crippen molar-refractivity contribution in [3.05, 3.63) is 64.7 Å². The highest BCUT2D eigenvalue weighted by molar-refractivity contribution is 5.99. The van der Waals surface area contributed by atoms with Gasteiger partial charge in [-0.3, -0.25) is 4.79 Å². The van der Waals surface area contributed by atoms with Crippen LogP contribution in [0.2, 0.25) is 0 Å². The largest absolute Gasteiger partial charge is 0.489 e. The van der Waals surface area contributed by atoms with Gasteiger partial charge in [0.25, 0.3) is 5.91 Å². The minimum Gasteiger partial charge on any atom is -0.489 e. The molecule has 0 aromatic heterocycles. The Morgan fingerprint density at radius 2 is 1.77 bits per heavy atom. The van der Waals surface area contributed by atoms with E-state index < -0.39 is 0 Å². The summed E-state index contributed by atoms with van der Waals surface area (Å²) in [4.78, 5) is 11.7. The van der Waals surface area contributed by atoms with Gasteiger partial charge in [0.1, 0.15) is 12.4 Å². The molecule has 4 nitrogen and oxygen atoms in total. The van der Waals surface area contributed by atoms with E-state index in [-0.39, 0.29) is 5.91 Å². The molecule has 2 aromatic rings. The number of fused-ring (bicyclic) bond motifs is 1. The van der Waals surface area contributed by atoms with E-state index in [2.05, 4.69) is 34.9 Å². The molecular weight excluding hydrogens is 324 g/mol. The fraction of sp³-hybridized carbons (Fsp3) is 0.409. The van der Waals surface area contributed by atoms with Gasteiger partial charge in [0.05, 0.1) is 0 Å². The second kappa shape index (κ2) is 7.92. The van der Waals surface area contributed by atoms with E-state index in [0.29, 0.717) is 19.2 Å². The van der Waals surface area contributed by atoms with E-state index in [1.54, 1.807) is 0 Å². The highest BCUT2D eigenvalue weighted by atomic mass is 16.5. The summed E-state index contributed by atoms with van der Waals surface area (Å²) in [6.07, 6.45) is 6.73. The molecule has 0 atom stereocenters. The summed E-state index contributed by atoms with van der Waals surface area (Å²) in [6, 6.07) is 14.9. The Morgan fingerprint density at radius 1 is 1.00 bits per heavy atom. The van der Waals surface area contributed by atoms with Crippen molar-refractivity contribution in [2.45, 2.75) is 57.8 Å². The third kappa shape index (κ3) is 3.91. The van der Waals surface area contributed by atoms with Crippen LogP contribution >= 0.6 is 0 Å². The van der Waals surface area contributed by atoms with Crippen LogP contribution in [-0.2, 0) is 19.7 Å². The van der Waals surface area contributed by atoms with E-state index in [1.807, 2.05) is 18.2 Å². The zero-order valence-corrected chi connectivity index (χ0v) is 15.1. The Kier molecular flexibility index (Phi) is 5.21. The number of rotatable bonds is 6. The molecule has 1 aliphatic heterocycles. The topological polar surface area (TPSA) is 50.4 Å². The lowest BCUT2D eigenvalue weighted by atomic mass is 9.95. The van der Waals surface area contributed by atoms with E-state index >= 15 is 0 Å². The minimum absolute atomic E-state index is 0.0136. The number of nitrogens with one attached hydrogen (secondary N) is 2. The van der Waals surface area contributed by atoms with Crippen LogP contribution in [-0.4, -0.2) is 11.9 Å². The molecule has 136 valence electrons. The summed E-state index contributed by atoms with van der Waals surface area (Å²) in [5.74, 6) is 0.782. The summed E-state index contributed by atoms with van der Waals surface area (Å²) in [5, 5.41) is 6.52. The fourth-order valence-corrected chi connectivity index (χ4v) is 3.84. The van der Waals surface area contributed by atoms with Gasteiger partial charge >= 0.3 is 0 Å². The second-order valence-corrected chi connectivity index (χ2v) is 7.29. The van der Waals surface area contributed by atoms with Crippen LogP contribution in [0.3, 0.4) is 0 Å². The normalized spacial score (nSPS) is 17.0. The molecule has 4 heteroatoms. The molecular formula is C22H26N2O2. The third-order valence-corrected chi connectivity index (χ3v) is 5.42. The monoisotopic (exact) mass is 350 g/mol. The first-order valence-corrected chi connectivity index (χ1v) is 9.64. The average molecular weight is 350 g/mol. The standard InChI is InChI=1S/C22H26N2O2/c25-22-19-7-4-8-21(20(19)14-24-22)26-15-17-11-9-16(10-12-17)13-23-18-5-2-1-3-6-18/h4,7-12,18,23H,1-3,5-6,13-15H2,(H,24,25). The predicted molar refractivity (Wildman–Crippen MR) is 102 cm³/mol. The molecule has 0 bridgehead atoms. The third-order valence-electron chi connectivity index (χ3n) is 5.42. The van der Waals surface area contributed by atoms with Crippen LogP contribution in [0.5, 0.6) is 5.75 Å². The maximum absolute atomic E-state index is 11.7. The van der Waals surface area contributed by atoms with Gasteiger partial charge in [0.2, 0.25) is 0 Å². The van der Waals surface area contributed by atoms with E-state index in [0.717, 1.165) is 29.0 Å². The van der Waals surface area contributed by atoms with Gasteiger partial charge in [0.15, 0.2) is 0 Å². The lowest BCUT2D eigenvalue weighted by Crippen LogP contribution is -2.30. The van der Waals surface area contributed by atoms with Gasteiger partial charge in [-0.1, -0.05) is 49.6 Å². The molecule has 0 saturated heterocycles.